The van der Waals surface area contributed by atoms with E-state index in [0.717, 1.165) is 19.4 Å². The Bertz CT molecular complexity index is 204. The van der Waals surface area contributed by atoms with Crippen LogP contribution in [0.5, 0.6) is 0 Å². The summed E-state index contributed by atoms with van der Waals surface area (Å²) in [5, 5.41) is 0. The van der Waals surface area contributed by atoms with E-state index < -0.39 is 0 Å². The smallest absolute Gasteiger partial charge is 0.157 e. The monoisotopic (exact) mass is 196 g/mol. The molecule has 80 valence electrons. The minimum atomic E-state index is 0.0838. The third kappa shape index (κ3) is 2.82. The van der Waals surface area contributed by atoms with Gasteiger partial charge in [-0.05, 0) is 45.4 Å². The Morgan fingerprint density at radius 3 is 2.93 bits per heavy atom. The molecule has 0 spiro atoms. The molecule has 1 heterocycles. The second-order valence-electron chi connectivity index (χ2n) is 4.38. The highest BCUT2D eigenvalue weighted by Gasteiger charge is 2.20. The molecule has 2 nitrogen and oxygen atoms in total. The molecule has 0 aromatic rings. The van der Waals surface area contributed by atoms with Crippen molar-refractivity contribution in [2.75, 3.05) is 6.61 Å². The van der Waals surface area contributed by atoms with Crippen LogP contribution >= 0.6 is 0 Å². The molecular weight excluding hydrogens is 176 g/mol. The van der Waals surface area contributed by atoms with Crippen LogP contribution < -0.4 is 0 Å². The first-order valence-corrected chi connectivity index (χ1v) is 5.77. The molecule has 0 aromatic heterocycles. The fraction of sp³-hybridized carbons (Fsp3) is 0.833. The van der Waals surface area contributed by atoms with E-state index in [4.69, 9.17) is 9.47 Å². The molecule has 1 aliphatic heterocycles. The first-order chi connectivity index (χ1) is 6.84. The van der Waals surface area contributed by atoms with Gasteiger partial charge in [0.15, 0.2) is 6.29 Å². The SMILES string of the molecule is CC1=CCC(OC2CCCCO2)CC1. The van der Waals surface area contributed by atoms with Crippen molar-refractivity contribution in [2.24, 2.45) is 0 Å². The van der Waals surface area contributed by atoms with Crippen molar-refractivity contribution in [3.8, 4) is 0 Å². The standard InChI is InChI=1S/C12H20O2/c1-10-5-7-11(8-6-10)14-12-4-2-3-9-13-12/h5,11-12H,2-4,6-9H2,1H3. The van der Waals surface area contributed by atoms with Crippen molar-refractivity contribution in [1.29, 1.82) is 0 Å². The van der Waals surface area contributed by atoms with Gasteiger partial charge < -0.3 is 9.47 Å². The van der Waals surface area contributed by atoms with Gasteiger partial charge in [-0.25, -0.2) is 0 Å². The van der Waals surface area contributed by atoms with E-state index in [1.165, 1.54) is 31.3 Å². The third-order valence-electron chi connectivity index (χ3n) is 3.07. The molecule has 0 bridgehead atoms. The van der Waals surface area contributed by atoms with Crippen LogP contribution in [0.15, 0.2) is 11.6 Å². The van der Waals surface area contributed by atoms with Crippen LogP contribution in [0, 0.1) is 0 Å². The Morgan fingerprint density at radius 1 is 1.36 bits per heavy atom. The van der Waals surface area contributed by atoms with Gasteiger partial charge in [-0.1, -0.05) is 11.6 Å². The quantitative estimate of drug-likeness (QED) is 0.632. The summed E-state index contributed by atoms with van der Waals surface area (Å²) in [5.41, 5.74) is 1.51. The average Bonchev–Trinajstić information content (AvgIpc) is 2.23. The van der Waals surface area contributed by atoms with Crippen molar-refractivity contribution < 1.29 is 9.47 Å². The van der Waals surface area contributed by atoms with Crippen molar-refractivity contribution in [3.05, 3.63) is 11.6 Å². The Labute approximate surface area is 86.3 Å². The summed E-state index contributed by atoms with van der Waals surface area (Å²) in [6.45, 7) is 3.08. The zero-order valence-electron chi connectivity index (χ0n) is 9.00. The highest BCUT2D eigenvalue weighted by molar-refractivity contribution is 5.03. The van der Waals surface area contributed by atoms with Crippen molar-refractivity contribution in [1.82, 2.24) is 0 Å². The predicted molar refractivity (Wildman–Crippen MR) is 56.1 cm³/mol. The van der Waals surface area contributed by atoms with E-state index >= 15 is 0 Å². The molecule has 0 saturated carbocycles. The van der Waals surface area contributed by atoms with Crippen molar-refractivity contribution in [3.63, 3.8) is 0 Å². The summed E-state index contributed by atoms with van der Waals surface area (Å²) in [4.78, 5) is 0. The highest BCUT2D eigenvalue weighted by Crippen LogP contribution is 2.24. The topological polar surface area (TPSA) is 18.5 Å². The van der Waals surface area contributed by atoms with Gasteiger partial charge >= 0.3 is 0 Å². The summed E-state index contributed by atoms with van der Waals surface area (Å²) in [7, 11) is 0. The Morgan fingerprint density at radius 2 is 2.29 bits per heavy atom. The zero-order chi connectivity index (χ0) is 9.80. The maximum atomic E-state index is 5.91. The van der Waals surface area contributed by atoms with E-state index in [2.05, 4.69) is 13.0 Å². The number of ether oxygens (including phenoxy) is 2. The fourth-order valence-electron chi connectivity index (χ4n) is 2.10. The predicted octanol–water partition coefficient (Wildman–Crippen LogP) is 3.03. The maximum Gasteiger partial charge on any atom is 0.157 e. The van der Waals surface area contributed by atoms with Crippen LogP contribution in [-0.2, 0) is 9.47 Å². The van der Waals surface area contributed by atoms with E-state index in [0.29, 0.717) is 6.10 Å². The van der Waals surface area contributed by atoms with Gasteiger partial charge in [0.1, 0.15) is 0 Å². The molecule has 2 unspecified atom stereocenters. The van der Waals surface area contributed by atoms with Gasteiger partial charge in [0.2, 0.25) is 0 Å². The molecule has 1 aliphatic carbocycles. The Balaban J connectivity index is 1.74. The summed E-state index contributed by atoms with van der Waals surface area (Å²) in [6.07, 6.45) is 9.76. The van der Waals surface area contributed by atoms with Crippen LogP contribution in [0.25, 0.3) is 0 Å². The summed E-state index contributed by atoms with van der Waals surface area (Å²) in [5.74, 6) is 0. The third-order valence-corrected chi connectivity index (χ3v) is 3.07. The lowest BCUT2D eigenvalue weighted by molar-refractivity contribution is -0.189. The zero-order valence-corrected chi connectivity index (χ0v) is 9.00. The second-order valence-corrected chi connectivity index (χ2v) is 4.38. The van der Waals surface area contributed by atoms with E-state index in [1.54, 1.807) is 0 Å². The summed E-state index contributed by atoms with van der Waals surface area (Å²) in [6, 6.07) is 0. The molecule has 1 fully saturated rings. The Hall–Kier alpha value is -0.340. The maximum absolute atomic E-state index is 5.91. The first kappa shape index (κ1) is 10.2. The van der Waals surface area contributed by atoms with E-state index in [9.17, 15) is 0 Å². The van der Waals surface area contributed by atoms with Gasteiger partial charge in [-0.15, -0.1) is 0 Å². The van der Waals surface area contributed by atoms with Crippen LogP contribution in [-0.4, -0.2) is 19.0 Å². The van der Waals surface area contributed by atoms with Gasteiger partial charge in [0.05, 0.1) is 6.10 Å². The average molecular weight is 196 g/mol. The molecule has 1 saturated heterocycles. The summed E-state index contributed by atoms with van der Waals surface area (Å²) < 4.78 is 11.5. The molecule has 0 radical (unpaired) electrons. The minimum Gasteiger partial charge on any atom is -0.353 e. The molecule has 0 amide bonds. The largest absolute Gasteiger partial charge is 0.353 e. The first-order valence-electron chi connectivity index (χ1n) is 5.77. The number of hydrogen-bond acceptors (Lipinski definition) is 2. The van der Waals surface area contributed by atoms with Gasteiger partial charge in [0, 0.05) is 6.61 Å². The number of hydrogen-bond donors (Lipinski definition) is 0. The normalized spacial score (nSPS) is 33.9. The van der Waals surface area contributed by atoms with E-state index in [1.807, 2.05) is 0 Å². The second kappa shape index (κ2) is 4.94. The molecule has 2 aliphatic rings. The highest BCUT2D eigenvalue weighted by atomic mass is 16.7. The van der Waals surface area contributed by atoms with E-state index in [-0.39, 0.29) is 6.29 Å². The lowest BCUT2D eigenvalue weighted by atomic mass is 9.98. The molecule has 2 atom stereocenters. The van der Waals surface area contributed by atoms with Crippen LogP contribution in [0.2, 0.25) is 0 Å². The molecule has 2 rings (SSSR count). The van der Waals surface area contributed by atoms with Crippen LogP contribution in [0.1, 0.15) is 45.4 Å². The van der Waals surface area contributed by atoms with Gasteiger partial charge in [0.25, 0.3) is 0 Å². The number of allylic oxidation sites excluding steroid dienone is 1. The molecule has 0 N–H and O–H groups in total. The molecule has 14 heavy (non-hydrogen) atoms. The number of rotatable bonds is 2. The van der Waals surface area contributed by atoms with Crippen molar-refractivity contribution >= 4 is 0 Å². The molecule has 0 aromatic carbocycles. The van der Waals surface area contributed by atoms with Gasteiger partial charge in [-0.3, -0.25) is 0 Å². The Kier molecular flexibility index (Phi) is 3.60. The van der Waals surface area contributed by atoms with Crippen LogP contribution in [0.4, 0.5) is 0 Å². The molecule has 2 heteroatoms. The lowest BCUT2D eigenvalue weighted by Crippen LogP contribution is -2.28. The lowest BCUT2D eigenvalue weighted by Gasteiger charge is -2.29. The molecular formula is C12H20O2. The van der Waals surface area contributed by atoms with Gasteiger partial charge in [-0.2, -0.15) is 0 Å². The fourth-order valence-corrected chi connectivity index (χ4v) is 2.10. The summed E-state index contributed by atoms with van der Waals surface area (Å²) >= 11 is 0. The van der Waals surface area contributed by atoms with Crippen LogP contribution in [0.3, 0.4) is 0 Å². The van der Waals surface area contributed by atoms with Crippen molar-refractivity contribution in [2.45, 2.75) is 57.8 Å². The minimum absolute atomic E-state index is 0.0838.